The number of rotatable bonds is 7. The zero-order chi connectivity index (χ0) is 12.5. The Morgan fingerprint density at radius 3 is 2.71 bits per heavy atom. The molecule has 0 aliphatic carbocycles. The van der Waals surface area contributed by atoms with Crippen molar-refractivity contribution in [2.45, 2.75) is 13.0 Å². The van der Waals surface area contributed by atoms with Gasteiger partial charge in [0.15, 0.2) is 0 Å². The molecule has 0 heterocycles. The molecule has 0 radical (unpaired) electrons. The van der Waals surface area contributed by atoms with Gasteiger partial charge in [-0.05, 0) is 17.7 Å². The van der Waals surface area contributed by atoms with Gasteiger partial charge in [0, 0.05) is 31.1 Å². The Morgan fingerprint density at radius 2 is 2.06 bits per heavy atom. The summed E-state index contributed by atoms with van der Waals surface area (Å²) in [6.07, 6.45) is 2.24. The lowest BCUT2D eigenvalue weighted by atomic mass is 10.2. The number of halogens is 1. The lowest BCUT2D eigenvalue weighted by Gasteiger charge is -2.05. The Kier molecular flexibility index (Phi) is 6.37. The maximum absolute atomic E-state index is 11.4. The molecule has 0 aromatic heterocycles. The Morgan fingerprint density at radius 1 is 1.35 bits per heavy atom. The van der Waals surface area contributed by atoms with Crippen molar-refractivity contribution >= 4 is 17.5 Å². The van der Waals surface area contributed by atoms with Crippen LogP contribution < -0.4 is 10.6 Å². The Labute approximate surface area is 107 Å². The fourth-order valence-electron chi connectivity index (χ4n) is 1.30. The minimum atomic E-state index is 0.0384. The highest BCUT2D eigenvalue weighted by Crippen LogP contribution is 2.08. The van der Waals surface area contributed by atoms with Crippen LogP contribution in [0.2, 0.25) is 5.02 Å². The Bertz CT molecular complexity index is 362. The molecule has 0 bridgehead atoms. The highest BCUT2D eigenvalue weighted by molar-refractivity contribution is 6.30. The molecular formula is C13H17ClN2O. The lowest BCUT2D eigenvalue weighted by Crippen LogP contribution is -2.27. The quantitative estimate of drug-likeness (QED) is 0.577. The minimum Gasteiger partial charge on any atom is -0.352 e. The van der Waals surface area contributed by atoms with Gasteiger partial charge in [-0.25, -0.2) is 0 Å². The van der Waals surface area contributed by atoms with Crippen LogP contribution >= 0.6 is 11.6 Å². The van der Waals surface area contributed by atoms with E-state index in [-0.39, 0.29) is 5.91 Å². The van der Waals surface area contributed by atoms with Gasteiger partial charge >= 0.3 is 0 Å². The first kappa shape index (κ1) is 13.7. The van der Waals surface area contributed by atoms with Gasteiger partial charge in [-0.15, -0.1) is 6.58 Å². The van der Waals surface area contributed by atoms with E-state index in [0.29, 0.717) is 24.5 Å². The first-order valence-electron chi connectivity index (χ1n) is 5.55. The highest BCUT2D eigenvalue weighted by Gasteiger charge is 2.00. The topological polar surface area (TPSA) is 41.1 Å². The fraction of sp³-hybridized carbons (Fsp3) is 0.308. The van der Waals surface area contributed by atoms with Crippen LogP contribution in [0.15, 0.2) is 36.9 Å². The molecule has 1 aromatic carbocycles. The van der Waals surface area contributed by atoms with E-state index in [1.807, 2.05) is 24.3 Å². The van der Waals surface area contributed by atoms with Crippen LogP contribution in [0, 0.1) is 0 Å². The van der Waals surface area contributed by atoms with Crippen molar-refractivity contribution in [2.75, 3.05) is 13.1 Å². The third kappa shape index (κ3) is 6.09. The van der Waals surface area contributed by atoms with Crippen molar-refractivity contribution in [3.05, 3.63) is 47.5 Å². The molecule has 3 nitrogen and oxygen atoms in total. The first-order chi connectivity index (χ1) is 8.22. The monoisotopic (exact) mass is 252 g/mol. The third-order valence-corrected chi connectivity index (χ3v) is 2.47. The molecule has 1 rings (SSSR count). The summed E-state index contributed by atoms with van der Waals surface area (Å²) in [5.41, 5.74) is 1.04. The SMILES string of the molecule is C=CCNCCC(=O)NCc1ccc(Cl)cc1. The molecule has 0 fully saturated rings. The maximum atomic E-state index is 11.4. The van der Waals surface area contributed by atoms with E-state index in [4.69, 9.17) is 11.6 Å². The summed E-state index contributed by atoms with van der Waals surface area (Å²) < 4.78 is 0. The van der Waals surface area contributed by atoms with E-state index in [1.54, 1.807) is 6.08 Å². The number of nitrogens with one attached hydrogen (secondary N) is 2. The molecule has 1 aromatic rings. The third-order valence-electron chi connectivity index (χ3n) is 2.22. The second-order valence-corrected chi connectivity index (χ2v) is 4.08. The van der Waals surface area contributed by atoms with Gasteiger partial charge in [-0.3, -0.25) is 4.79 Å². The average molecular weight is 253 g/mol. The van der Waals surface area contributed by atoms with Crippen LogP contribution in [0.4, 0.5) is 0 Å². The standard InChI is InChI=1S/C13H17ClN2O/c1-2-8-15-9-7-13(17)16-10-11-3-5-12(14)6-4-11/h2-6,15H,1,7-10H2,(H,16,17). The highest BCUT2D eigenvalue weighted by atomic mass is 35.5. The van der Waals surface area contributed by atoms with Crippen LogP contribution in [-0.4, -0.2) is 19.0 Å². The van der Waals surface area contributed by atoms with Crippen LogP contribution in [0.5, 0.6) is 0 Å². The van der Waals surface area contributed by atoms with Crippen molar-refractivity contribution in [3.8, 4) is 0 Å². The second kappa shape index (κ2) is 7.87. The minimum absolute atomic E-state index is 0.0384. The second-order valence-electron chi connectivity index (χ2n) is 3.65. The maximum Gasteiger partial charge on any atom is 0.221 e. The molecule has 0 unspecified atom stereocenters. The van der Waals surface area contributed by atoms with Gasteiger partial charge in [-0.1, -0.05) is 29.8 Å². The van der Waals surface area contributed by atoms with Crippen molar-refractivity contribution in [1.29, 1.82) is 0 Å². The predicted molar refractivity (Wildman–Crippen MR) is 71.0 cm³/mol. The number of carbonyl (C=O) groups excluding carboxylic acids is 1. The summed E-state index contributed by atoms with van der Waals surface area (Å²) in [6, 6.07) is 7.43. The number of hydrogen-bond donors (Lipinski definition) is 2. The van der Waals surface area contributed by atoms with Gasteiger partial charge in [0.1, 0.15) is 0 Å². The van der Waals surface area contributed by atoms with Gasteiger partial charge in [-0.2, -0.15) is 0 Å². The lowest BCUT2D eigenvalue weighted by molar-refractivity contribution is -0.121. The van der Waals surface area contributed by atoms with Crippen molar-refractivity contribution in [3.63, 3.8) is 0 Å². The van der Waals surface area contributed by atoms with Crippen molar-refractivity contribution in [2.24, 2.45) is 0 Å². The Hall–Kier alpha value is -1.32. The molecule has 0 aliphatic rings. The van der Waals surface area contributed by atoms with E-state index in [1.165, 1.54) is 0 Å². The van der Waals surface area contributed by atoms with E-state index >= 15 is 0 Å². The van der Waals surface area contributed by atoms with Crippen LogP contribution in [0.3, 0.4) is 0 Å². The molecule has 17 heavy (non-hydrogen) atoms. The van der Waals surface area contributed by atoms with Gasteiger partial charge in [0.25, 0.3) is 0 Å². The van der Waals surface area contributed by atoms with Crippen molar-refractivity contribution < 1.29 is 4.79 Å². The summed E-state index contributed by atoms with van der Waals surface area (Å²) in [5, 5.41) is 6.63. The number of hydrogen-bond acceptors (Lipinski definition) is 2. The Balaban J connectivity index is 2.19. The van der Waals surface area contributed by atoms with Crippen molar-refractivity contribution in [1.82, 2.24) is 10.6 Å². The molecule has 92 valence electrons. The molecule has 0 atom stereocenters. The van der Waals surface area contributed by atoms with E-state index in [0.717, 1.165) is 12.1 Å². The number of carbonyl (C=O) groups is 1. The smallest absolute Gasteiger partial charge is 0.221 e. The first-order valence-corrected chi connectivity index (χ1v) is 5.93. The van der Waals surface area contributed by atoms with Crippen LogP contribution in [-0.2, 0) is 11.3 Å². The molecule has 0 saturated carbocycles. The molecule has 0 aliphatic heterocycles. The summed E-state index contributed by atoms with van der Waals surface area (Å²) >= 11 is 5.77. The average Bonchev–Trinajstić information content (AvgIpc) is 2.34. The van der Waals surface area contributed by atoms with Gasteiger partial charge in [0.05, 0.1) is 0 Å². The molecule has 1 amide bonds. The van der Waals surface area contributed by atoms with Gasteiger partial charge in [0.2, 0.25) is 5.91 Å². The van der Waals surface area contributed by atoms with Gasteiger partial charge < -0.3 is 10.6 Å². The molecule has 4 heteroatoms. The molecule has 0 saturated heterocycles. The molecule has 0 spiro atoms. The van der Waals surface area contributed by atoms with E-state index in [2.05, 4.69) is 17.2 Å². The predicted octanol–water partition coefficient (Wildman–Crippen LogP) is 2.12. The van der Waals surface area contributed by atoms with E-state index < -0.39 is 0 Å². The molecular weight excluding hydrogens is 236 g/mol. The summed E-state index contributed by atoms with van der Waals surface area (Å²) in [7, 11) is 0. The summed E-state index contributed by atoms with van der Waals surface area (Å²) in [5.74, 6) is 0.0384. The van der Waals surface area contributed by atoms with E-state index in [9.17, 15) is 4.79 Å². The summed E-state index contributed by atoms with van der Waals surface area (Å²) in [6.45, 7) is 5.52. The number of amides is 1. The number of benzene rings is 1. The fourth-order valence-corrected chi connectivity index (χ4v) is 1.42. The molecule has 2 N–H and O–H groups in total. The van der Waals surface area contributed by atoms with Crippen LogP contribution in [0.25, 0.3) is 0 Å². The largest absolute Gasteiger partial charge is 0.352 e. The summed E-state index contributed by atoms with van der Waals surface area (Å²) in [4.78, 5) is 11.4. The normalized spacial score (nSPS) is 9.94. The van der Waals surface area contributed by atoms with Crippen LogP contribution in [0.1, 0.15) is 12.0 Å². The zero-order valence-corrected chi connectivity index (χ0v) is 10.5. The zero-order valence-electron chi connectivity index (χ0n) is 9.71.